The summed E-state index contributed by atoms with van der Waals surface area (Å²) in [6.45, 7) is 3.97. The molecule has 8 heteroatoms. The van der Waals surface area contributed by atoms with E-state index in [0.717, 1.165) is 5.56 Å². The first kappa shape index (κ1) is 14.3. The number of rotatable bonds is 4. The van der Waals surface area contributed by atoms with Gasteiger partial charge in [0.1, 0.15) is 0 Å². The smallest absolute Gasteiger partial charge is 0.257 e. The number of benzene rings is 1. The SMILES string of the molecule is CC(C)n1nnc(-c2ccc(C(=O)Nc3nccs3)cc2)n1. The van der Waals surface area contributed by atoms with Gasteiger partial charge in [0, 0.05) is 22.7 Å². The Balaban J connectivity index is 1.75. The van der Waals surface area contributed by atoms with Gasteiger partial charge in [-0.2, -0.15) is 4.80 Å². The lowest BCUT2D eigenvalue weighted by molar-refractivity contribution is 0.102. The highest BCUT2D eigenvalue weighted by atomic mass is 32.1. The molecular weight excluding hydrogens is 300 g/mol. The fourth-order valence-electron chi connectivity index (χ4n) is 1.78. The van der Waals surface area contributed by atoms with Gasteiger partial charge < -0.3 is 0 Å². The van der Waals surface area contributed by atoms with Gasteiger partial charge in [0.05, 0.1) is 6.04 Å². The van der Waals surface area contributed by atoms with Crippen LogP contribution in [0, 0.1) is 0 Å². The van der Waals surface area contributed by atoms with Crippen molar-refractivity contribution in [2.45, 2.75) is 19.9 Å². The van der Waals surface area contributed by atoms with Crippen molar-refractivity contribution in [2.75, 3.05) is 5.32 Å². The number of nitrogens with zero attached hydrogens (tertiary/aromatic N) is 5. The first-order valence-corrected chi connectivity index (χ1v) is 7.62. The molecule has 0 unspecified atom stereocenters. The number of anilines is 1. The number of amides is 1. The predicted molar refractivity (Wildman–Crippen MR) is 83.7 cm³/mol. The lowest BCUT2D eigenvalue weighted by Gasteiger charge is -2.02. The number of thiazole rings is 1. The Morgan fingerprint density at radius 2 is 2.05 bits per heavy atom. The number of carbonyl (C=O) groups is 1. The van der Waals surface area contributed by atoms with Crippen molar-refractivity contribution in [3.8, 4) is 11.4 Å². The van der Waals surface area contributed by atoms with Crippen molar-refractivity contribution >= 4 is 22.4 Å². The summed E-state index contributed by atoms with van der Waals surface area (Å²) in [5.74, 6) is 0.348. The van der Waals surface area contributed by atoms with Gasteiger partial charge in [0.15, 0.2) is 5.13 Å². The van der Waals surface area contributed by atoms with Gasteiger partial charge in [-0.25, -0.2) is 4.98 Å². The van der Waals surface area contributed by atoms with Crippen molar-refractivity contribution in [1.82, 2.24) is 25.2 Å². The zero-order valence-electron chi connectivity index (χ0n) is 12.1. The highest BCUT2D eigenvalue weighted by Gasteiger charge is 2.11. The molecule has 3 aromatic rings. The normalized spacial score (nSPS) is 10.9. The highest BCUT2D eigenvalue weighted by Crippen LogP contribution is 2.17. The molecule has 1 N–H and O–H groups in total. The second kappa shape index (κ2) is 6.02. The first-order valence-electron chi connectivity index (χ1n) is 6.74. The van der Waals surface area contributed by atoms with Crippen LogP contribution < -0.4 is 5.32 Å². The number of nitrogens with one attached hydrogen (secondary N) is 1. The van der Waals surface area contributed by atoms with E-state index in [1.807, 2.05) is 19.2 Å². The summed E-state index contributed by atoms with van der Waals surface area (Å²) in [6, 6.07) is 7.23. The molecule has 0 aliphatic rings. The van der Waals surface area contributed by atoms with Crippen LogP contribution in [-0.4, -0.2) is 31.1 Å². The van der Waals surface area contributed by atoms with Gasteiger partial charge in [0.2, 0.25) is 5.82 Å². The summed E-state index contributed by atoms with van der Waals surface area (Å²) in [6.07, 6.45) is 1.65. The number of carbonyl (C=O) groups excluding carboxylic acids is 1. The summed E-state index contributed by atoms with van der Waals surface area (Å²) < 4.78 is 0. The molecule has 22 heavy (non-hydrogen) atoms. The Morgan fingerprint density at radius 3 is 2.64 bits per heavy atom. The van der Waals surface area contributed by atoms with E-state index < -0.39 is 0 Å². The van der Waals surface area contributed by atoms with Gasteiger partial charge in [-0.3, -0.25) is 10.1 Å². The van der Waals surface area contributed by atoms with Crippen LogP contribution in [0.25, 0.3) is 11.4 Å². The molecule has 0 bridgehead atoms. The zero-order valence-corrected chi connectivity index (χ0v) is 12.9. The van der Waals surface area contributed by atoms with Crippen molar-refractivity contribution in [2.24, 2.45) is 0 Å². The van der Waals surface area contributed by atoms with Crippen LogP contribution in [-0.2, 0) is 0 Å². The minimum atomic E-state index is -0.194. The second-order valence-corrected chi connectivity index (χ2v) is 5.79. The molecule has 7 nitrogen and oxygen atoms in total. The van der Waals surface area contributed by atoms with Gasteiger partial charge in [-0.1, -0.05) is 12.1 Å². The Hall–Kier alpha value is -2.61. The molecule has 1 aromatic carbocycles. The highest BCUT2D eigenvalue weighted by molar-refractivity contribution is 7.13. The zero-order chi connectivity index (χ0) is 15.5. The van der Waals surface area contributed by atoms with E-state index in [4.69, 9.17) is 0 Å². The van der Waals surface area contributed by atoms with Crippen LogP contribution in [0.15, 0.2) is 35.8 Å². The van der Waals surface area contributed by atoms with Crippen LogP contribution >= 0.6 is 11.3 Å². The van der Waals surface area contributed by atoms with Gasteiger partial charge in [-0.15, -0.1) is 21.5 Å². The summed E-state index contributed by atoms with van der Waals surface area (Å²) >= 11 is 1.38. The maximum Gasteiger partial charge on any atom is 0.257 e. The third-order valence-corrected chi connectivity index (χ3v) is 3.64. The lowest BCUT2D eigenvalue weighted by atomic mass is 10.1. The number of hydrogen-bond donors (Lipinski definition) is 1. The fourth-order valence-corrected chi connectivity index (χ4v) is 2.31. The molecule has 0 saturated carbocycles. The van der Waals surface area contributed by atoms with E-state index in [1.54, 1.807) is 35.3 Å². The Bertz CT molecular complexity index is 763. The van der Waals surface area contributed by atoms with Crippen LogP contribution in [0.3, 0.4) is 0 Å². The predicted octanol–water partition coefficient (Wildman–Crippen LogP) is 2.63. The summed E-state index contributed by atoms with van der Waals surface area (Å²) in [7, 11) is 0. The molecule has 0 aliphatic carbocycles. The van der Waals surface area contributed by atoms with E-state index in [0.29, 0.717) is 16.5 Å². The average molecular weight is 314 g/mol. The standard InChI is InChI=1S/C14H14N6OS/c1-9(2)20-18-12(17-19-20)10-3-5-11(6-4-10)13(21)16-14-15-7-8-22-14/h3-9H,1-2H3,(H,15,16,21). The van der Waals surface area contributed by atoms with E-state index in [-0.39, 0.29) is 11.9 Å². The van der Waals surface area contributed by atoms with Crippen LogP contribution in [0.1, 0.15) is 30.2 Å². The summed E-state index contributed by atoms with van der Waals surface area (Å²) in [5.41, 5.74) is 1.37. The van der Waals surface area contributed by atoms with Crippen molar-refractivity contribution in [3.05, 3.63) is 41.4 Å². The Morgan fingerprint density at radius 1 is 1.27 bits per heavy atom. The average Bonchev–Trinajstić information content (AvgIpc) is 3.18. The van der Waals surface area contributed by atoms with Crippen molar-refractivity contribution in [1.29, 1.82) is 0 Å². The van der Waals surface area contributed by atoms with E-state index in [2.05, 4.69) is 25.7 Å². The molecule has 0 atom stereocenters. The van der Waals surface area contributed by atoms with E-state index >= 15 is 0 Å². The molecule has 0 aliphatic heterocycles. The molecule has 3 rings (SSSR count). The molecule has 2 aromatic heterocycles. The molecule has 2 heterocycles. The topological polar surface area (TPSA) is 85.6 Å². The lowest BCUT2D eigenvalue weighted by Crippen LogP contribution is -2.11. The van der Waals surface area contributed by atoms with Gasteiger partial charge >= 0.3 is 0 Å². The molecule has 0 fully saturated rings. The molecule has 0 spiro atoms. The van der Waals surface area contributed by atoms with Crippen molar-refractivity contribution in [3.63, 3.8) is 0 Å². The minimum Gasteiger partial charge on any atom is -0.298 e. The fraction of sp³-hybridized carbons (Fsp3) is 0.214. The maximum absolute atomic E-state index is 12.1. The number of tetrazole rings is 1. The van der Waals surface area contributed by atoms with Crippen LogP contribution in [0.2, 0.25) is 0 Å². The second-order valence-electron chi connectivity index (χ2n) is 4.90. The van der Waals surface area contributed by atoms with E-state index in [1.165, 1.54) is 11.3 Å². The number of hydrogen-bond acceptors (Lipinski definition) is 6. The molecule has 0 radical (unpaired) electrons. The minimum absolute atomic E-state index is 0.157. The third-order valence-electron chi connectivity index (χ3n) is 2.95. The monoisotopic (exact) mass is 314 g/mol. The Labute approximate surface area is 131 Å². The molecule has 0 saturated heterocycles. The Kier molecular flexibility index (Phi) is 3.92. The van der Waals surface area contributed by atoms with Crippen LogP contribution in [0.4, 0.5) is 5.13 Å². The molecular formula is C14H14N6OS. The van der Waals surface area contributed by atoms with Crippen molar-refractivity contribution < 1.29 is 4.79 Å². The van der Waals surface area contributed by atoms with Gasteiger partial charge in [-0.05, 0) is 31.2 Å². The third kappa shape index (κ3) is 3.01. The quantitative estimate of drug-likeness (QED) is 0.800. The summed E-state index contributed by atoms with van der Waals surface area (Å²) in [4.78, 5) is 17.6. The maximum atomic E-state index is 12.1. The van der Waals surface area contributed by atoms with E-state index in [9.17, 15) is 4.79 Å². The van der Waals surface area contributed by atoms with Gasteiger partial charge in [0.25, 0.3) is 5.91 Å². The summed E-state index contributed by atoms with van der Waals surface area (Å²) in [5, 5.41) is 17.4. The molecule has 1 amide bonds. The first-order chi connectivity index (χ1) is 10.6. The molecule has 112 valence electrons. The number of aromatic nitrogens is 5. The van der Waals surface area contributed by atoms with Crippen LogP contribution in [0.5, 0.6) is 0 Å². The largest absolute Gasteiger partial charge is 0.298 e.